The number of halogens is 3. The van der Waals surface area contributed by atoms with Crippen LogP contribution in [0.3, 0.4) is 0 Å². The number of alkyl halides is 3. The molecule has 2 rings (SSSR count). The van der Waals surface area contributed by atoms with Crippen LogP contribution in [0.25, 0.3) is 0 Å². The summed E-state index contributed by atoms with van der Waals surface area (Å²) >= 11 is 0.967. The van der Waals surface area contributed by atoms with Crippen molar-refractivity contribution in [1.29, 1.82) is 0 Å². The van der Waals surface area contributed by atoms with Gasteiger partial charge in [0, 0.05) is 5.69 Å². The molecule has 4 nitrogen and oxygen atoms in total. The molecule has 0 saturated carbocycles. The average molecular weight is 349 g/mol. The first-order valence-corrected chi connectivity index (χ1v) is 8.45. The predicted octanol–water partition coefficient (Wildman–Crippen LogP) is 3.18. The minimum Gasteiger partial charge on any atom is -0.325 e. The van der Waals surface area contributed by atoms with Crippen LogP contribution in [0.4, 0.5) is 18.9 Å². The molecule has 0 aliphatic rings. The maximum atomic E-state index is 12.6. The predicted molar refractivity (Wildman–Crippen MR) is 76.4 cm³/mol. The highest BCUT2D eigenvalue weighted by molar-refractivity contribution is 7.94. The van der Waals surface area contributed by atoms with Crippen LogP contribution in [0.2, 0.25) is 0 Å². The zero-order chi connectivity index (χ0) is 16.4. The Morgan fingerprint density at radius 2 is 1.91 bits per heavy atom. The third kappa shape index (κ3) is 4.08. The molecule has 1 aromatic carbocycles. The largest absolute Gasteiger partial charge is 0.416 e. The van der Waals surface area contributed by atoms with E-state index in [1.807, 2.05) is 0 Å². The van der Waals surface area contributed by atoms with Gasteiger partial charge in [-0.1, -0.05) is 12.1 Å². The van der Waals surface area contributed by atoms with E-state index in [2.05, 4.69) is 5.32 Å². The van der Waals surface area contributed by atoms with E-state index in [-0.39, 0.29) is 9.90 Å². The van der Waals surface area contributed by atoms with Crippen LogP contribution >= 0.6 is 11.3 Å². The Bertz CT molecular complexity index is 768. The van der Waals surface area contributed by atoms with Gasteiger partial charge in [0.05, 0.1) is 5.56 Å². The average Bonchev–Trinajstić information content (AvgIpc) is 2.91. The number of thiophene rings is 1. The molecule has 0 saturated heterocycles. The molecule has 1 heterocycles. The summed E-state index contributed by atoms with van der Waals surface area (Å²) in [6, 6.07) is 6.88. The van der Waals surface area contributed by atoms with Crippen LogP contribution in [0.1, 0.15) is 5.56 Å². The van der Waals surface area contributed by atoms with Crippen LogP contribution in [0.15, 0.2) is 46.0 Å². The number of nitrogens with one attached hydrogen (secondary N) is 1. The molecule has 2 aromatic rings. The van der Waals surface area contributed by atoms with E-state index in [0.717, 1.165) is 29.5 Å². The second-order valence-electron chi connectivity index (χ2n) is 4.32. The molecular weight excluding hydrogens is 339 g/mol. The third-order valence-electron chi connectivity index (χ3n) is 2.60. The number of amides is 1. The van der Waals surface area contributed by atoms with Crippen molar-refractivity contribution in [2.24, 2.45) is 0 Å². The van der Waals surface area contributed by atoms with Gasteiger partial charge in [0.15, 0.2) is 9.84 Å². The van der Waals surface area contributed by atoms with Crippen molar-refractivity contribution in [3.63, 3.8) is 0 Å². The van der Waals surface area contributed by atoms with Gasteiger partial charge < -0.3 is 5.32 Å². The van der Waals surface area contributed by atoms with E-state index in [1.165, 1.54) is 18.2 Å². The molecule has 0 unspecified atom stereocenters. The highest BCUT2D eigenvalue weighted by Gasteiger charge is 2.30. The second-order valence-corrected chi connectivity index (χ2v) is 7.48. The Labute approximate surface area is 128 Å². The SMILES string of the molecule is O=C(CS(=O)(=O)c1cccs1)Nc1cccc(C(F)(F)F)c1. The topological polar surface area (TPSA) is 63.2 Å². The van der Waals surface area contributed by atoms with Crippen molar-refractivity contribution in [3.8, 4) is 0 Å². The molecule has 1 N–H and O–H groups in total. The third-order valence-corrected chi connectivity index (χ3v) is 5.70. The smallest absolute Gasteiger partial charge is 0.325 e. The Balaban J connectivity index is 2.10. The van der Waals surface area contributed by atoms with Gasteiger partial charge in [0.1, 0.15) is 9.96 Å². The lowest BCUT2D eigenvalue weighted by molar-refractivity contribution is -0.137. The molecule has 22 heavy (non-hydrogen) atoms. The number of sulfone groups is 1. The zero-order valence-corrected chi connectivity index (χ0v) is 12.6. The molecule has 118 valence electrons. The molecule has 0 atom stereocenters. The second kappa shape index (κ2) is 6.09. The number of anilines is 1. The quantitative estimate of drug-likeness (QED) is 0.922. The van der Waals surface area contributed by atoms with E-state index in [1.54, 1.807) is 5.38 Å². The Morgan fingerprint density at radius 1 is 1.18 bits per heavy atom. The van der Waals surface area contributed by atoms with Gasteiger partial charge in [-0.2, -0.15) is 13.2 Å². The fraction of sp³-hybridized carbons (Fsp3) is 0.154. The first kappa shape index (κ1) is 16.5. The lowest BCUT2D eigenvalue weighted by Crippen LogP contribution is -2.22. The maximum absolute atomic E-state index is 12.6. The number of carbonyl (C=O) groups excluding carboxylic acids is 1. The summed E-state index contributed by atoms with van der Waals surface area (Å²) in [7, 11) is -3.79. The number of hydrogen-bond acceptors (Lipinski definition) is 4. The van der Waals surface area contributed by atoms with Gasteiger partial charge in [-0.3, -0.25) is 4.79 Å². The van der Waals surface area contributed by atoms with Crippen LogP contribution in [0.5, 0.6) is 0 Å². The lowest BCUT2D eigenvalue weighted by Gasteiger charge is -2.09. The molecule has 0 bridgehead atoms. The Kier molecular flexibility index (Phi) is 4.57. The van der Waals surface area contributed by atoms with Crippen LogP contribution in [-0.2, 0) is 20.8 Å². The summed E-state index contributed by atoms with van der Waals surface area (Å²) in [5.74, 6) is -1.73. The molecule has 0 fully saturated rings. The summed E-state index contributed by atoms with van der Waals surface area (Å²) in [6.45, 7) is 0. The van der Waals surface area contributed by atoms with Crippen molar-refractivity contribution < 1.29 is 26.4 Å². The molecule has 0 radical (unpaired) electrons. The summed E-state index contributed by atoms with van der Waals surface area (Å²) < 4.78 is 61.5. The van der Waals surface area contributed by atoms with Crippen molar-refractivity contribution >= 4 is 32.8 Å². The molecule has 1 aromatic heterocycles. The minimum absolute atomic E-state index is 0.0340. The number of hydrogen-bond donors (Lipinski definition) is 1. The lowest BCUT2D eigenvalue weighted by atomic mass is 10.2. The fourth-order valence-electron chi connectivity index (χ4n) is 1.65. The summed E-state index contributed by atoms with van der Waals surface area (Å²) in [6.07, 6.45) is -4.54. The van der Waals surface area contributed by atoms with Gasteiger partial charge in [0.2, 0.25) is 5.91 Å². The van der Waals surface area contributed by atoms with Crippen LogP contribution in [0, 0.1) is 0 Å². The van der Waals surface area contributed by atoms with Crippen molar-refractivity contribution in [1.82, 2.24) is 0 Å². The van der Waals surface area contributed by atoms with E-state index >= 15 is 0 Å². The van der Waals surface area contributed by atoms with Gasteiger partial charge in [-0.05, 0) is 29.6 Å². The number of benzene rings is 1. The van der Waals surface area contributed by atoms with E-state index < -0.39 is 33.2 Å². The van der Waals surface area contributed by atoms with E-state index in [4.69, 9.17) is 0 Å². The normalized spacial score (nSPS) is 12.1. The van der Waals surface area contributed by atoms with Gasteiger partial charge >= 0.3 is 6.18 Å². The Hall–Kier alpha value is -1.87. The first-order chi connectivity index (χ1) is 10.2. The molecule has 0 aliphatic carbocycles. The number of rotatable bonds is 4. The standard InChI is InChI=1S/C13H10F3NO3S2/c14-13(15,16)9-3-1-4-10(7-9)17-11(18)8-22(19,20)12-5-2-6-21-12/h1-7H,8H2,(H,17,18). The first-order valence-electron chi connectivity index (χ1n) is 5.92. The van der Waals surface area contributed by atoms with Crippen LogP contribution < -0.4 is 5.32 Å². The molecule has 0 aliphatic heterocycles. The van der Waals surface area contributed by atoms with Gasteiger partial charge in [0.25, 0.3) is 0 Å². The van der Waals surface area contributed by atoms with Crippen LogP contribution in [-0.4, -0.2) is 20.1 Å². The zero-order valence-electron chi connectivity index (χ0n) is 10.9. The molecule has 0 spiro atoms. The van der Waals surface area contributed by atoms with Crippen molar-refractivity contribution in [3.05, 3.63) is 47.3 Å². The molecule has 1 amide bonds. The highest BCUT2D eigenvalue weighted by Crippen LogP contribution is 2.30. The van der Waals surface area contributed by atoms with Crippen molar-refractivity contribution in [2.45, 2.75) is 10.4 Å². The van der Waals surface area contributed by atoms with Crippen molar-refractivity contribution in [2.75, 3.05) is 11.1 Å². The highest BCUT2D eigenvalue weighted by atomic mass is 32.2. The Morgan fingerprint density at radius 3 is 2.50 bits per heavy atom. The molecule has 9 heteroatoms. The maximum Gasteiger partial charge on any atom is 0.416 e. The number of carbonyl (C=O) groups is 1. The van der Waals surface area contributed by atoms with Gasteiger partial charge in [-0.25, -0.2) is 8.42 Å². The summed E-state index contributed by atoms with van der Waals surface area (Å²) in [5.41, 5.74) is -1.03. The summed E-state index contributed by atoms with van der Waals surface area (Å²) in [5, 5.41) is 3.71. The van der Waals surface area contributed by atoms with E-state index in [0.29, 0.717) is 0 Å². The minimum atomic E-state index is -4.54. The van der Waals surface area contributed by atoms with E-state index in [9.17, 15) is 26.4 Å². The van der Waals surface area contributed by atoms with Gasteiger partial charge in [-0.15, -0.1) is 11.3 Å². The fourth-order valence-corrected chi connectivity index (χ4v) is 3.88. The monoisotopic (exact) mass is 349 g/mol. The molecular formula is C13H10F3NO3S2. The summed E-state index contributed by atoms with van der Waals surface area (Å²) in [4.78, 5) is 11.7.